The van der Waals surface area contributed by atoms with Gasteiger partial charge in [-0.2, -0.15) is 5.10 Å². The van der Waals surface area contributed by atoms with Crippen molar-refractivity contribution in [1.82, 2.24) is 5.43 Å². The average Bonchev–Trinajstić information content (AvgIpc) is 2.84. The first-order chi connectivity index (χ1) is 15.8. The summed E-state index contributed by atoms with van der Waals surface area (Å²) in [5, 5.41) is 6.48. The molecule has 4 aromatic rings. The molecule has 0 aliphatic rings. The van der Waals surface area contributed by atoms with Crippen LogP contribution in [0.25, 0.3) is 10.8 Å². The van der Waals surface area contributed by atoms with Crippen LogP contribution in [0, 0.1) is 0 Å². The third-order valence-corrected chi connectivity index (χ3v) is 5.27. The van der Waals surface area contributed by atoms with Crippen LogP contribution in [0.1, 0.15) is 29.5 Å². The zero-order chi connectivity index (χ0) is 22.0. The molecule has 1 N–H and O–H groups in total. The van der Waals surface area contributed by atoms with Crippen molar-refractivity contribution in [3.05, 3.63) is 114 Å². The van der Waals surface area contributed by atoms with Gasteiger partial charge in [-0.25, -0.2) is 5.43 Å². The minimum absolute atomic E-state index is 0.0766. The topological polar surface area (TPSA) is 50.7 Å². The molecular weight excluding hydrogens is 396 g/mol. The van der Waals surface area contributed by atoms with Gasteiger partial charge < -0.3 is 4.74 Å². The number of carbonyl (C=O) groups is 1. The Bertz CT molecular complexity index is 1180. The Kier molecular flexibility index (Phi) is 7.27. The molecule has 0 spiro atoms. The summed E-state index contributed by atoms with van der Waals surface area (Å²) in [7, 11) is 0. The third-order valence-electron chi connectivity index (χ3n) is 5.27. The van der Waals surface area contributed by atoms with Crippen molar-refractivity contribution in [2.24, 2.45) is 5.10 Å². The summed E-state index contributed by atoms with van der Waals surface area (Å²) in [5.74, 6) is 0.715. The highest BCUT2D eigenvalue weighted by Crippen LogP contribution is 2.21. The van der Waals surface area contributed by atoms with Gasteiger partial charge in [0.05, 0.1) is 6.21 Å². The van der Waals surface area contributed by atoms with Gasteiger partial charge in [-0.05, 0) is 64.6 Å². The van der Waals surface area contributed by atoms with Gasteiger partial charge in [0.1, 0.15) is 12.4 Å². The highest BCUT2D eigenvalue weighted by molar-refractivity contribution is 5.85. The number of rotatable bonds is 9. The van der Waals surface area contributed by atoms with Crippen molar-refractivity contribution >= 4 is 22.9 Å². The monoisotopic (exact) mass is 422 g/mol. The van der Waals surface area contributed by atoms with Crippen LogP contribution in [-0.2, 0) is 17.8 Å². The fraction of sp³-hybridized carbons (Fsp3) is 0.143. The van der Waals surface area contributed by atoms with Gasteiger partial charge in [0.15, 0.2) is 0 Å². The summed E-state index contributed by atoms with van der Waals surface area (Å²) in [6, 6.07) is 32.4. The molecule has 0 unspecified atom stereocenters. The smallest absolute Gasteiger partial charge is 0.240 e. The van der Waals surface area contributed by atoms with Crippen LogP contribution < -0.4 is 10.2 Å². The van der Waals surface area contributed by atoms with Crippen LogP contribution in [0.3, 0.4) is 0 Å². The van der Waals surface area contributed by atoms with Crippen LogP contribution >= 0.6 is 0 Å². The van der Waals surface area contributed by atoms with Crippen molar-refractivity contribution in [1.29, 1.82) is 0 Å². The molecule has 0 aromatic heterocycles. The lowest BCUT2D eigenvalue weighted by Gasteiger charge is -2.09. The van der Waals surface area contributed by atoms with E-state index in [2.05, 4.69) is 53.0 Å². The maximum absolute atomic E-state index is 11.9. The number of fused-ring (bicyclic) bond motifs is 1. The normalized spacial score (nSPS) is 11.0. The van der Waals surface area contributed by atoms with Crippen molar-refractivity contribution in [3.8, 4) is 5.75 Å². The van der Waals surface area contributed by atoms with E-state index < -0.39 is 0 Å². The van der Waals surface area contributed by atoms with E-state index in [0.29, 0.717) is 13.0 Å². The molecule has 0 radical (unpaired) electrons. The third kappa shape index (κ3) is 6.05. The molecule has 4 aromatic carbocycles. The lowest BCUT2D eigenvalue weighted by molar-refractivity contribution is -0.121. The lowest BCUT2D eigenvalue weighted by Crippen LogP contribution is -2.17. The Labute approximate surface area is 188 Å². The summed E-state index contributed by atoms with van der Waals surface area (Å²) in [6.07, 6.45) is 3.78. The Hall–Kier alpha value is -3.92. The number of carbonyl (C=O) groups excluding carboxylic acids is 1. The van der Waals surface area contributed by atoms with E-state index in [1.807, 2.05) is 54.6 Å². The highest BCUT2D eigenvalue weighted by Gasteiger charge is 2.02. The van der Waals surface area contributed by atoms with Gasteiger partial charge in [0.25, 0.3) is 0 Å². The number of nitrogens with zero attached hydrogens (tertiary/aromatic N) is 1. The number of aryl methyl sites for hydroxylation is 1. The molecule has 4 rings (SSSR count). The molecule has 1 amide bonds. The van der Waals surface area contributed by atoms with E-state index in [1.165, 1.54) is 16.3 Å². The molecule has 0 saturated carbocycles. The SMILES string of the molecule is O=C(CCCc1ccccc1)N/N=C\c1ccc(OCc2cccc3ccccc23)cc1. The Morgan fingerprint density at radius 3 is 2.44 bits per heavy atom. The molecule has 0 atom stereocenters. The Balaban J connectivity index is 1.22. The van der Waals surface area contributed by atoms with E-state index >= 15 is 0 Å². The summed E-state index contributed by atoms with van der Waals surface area (Å²) in [5.41, 5.74) is 5.89. The van der Waals surface area contributed by atoms with Gasteiger partial charge in [-0.15, -0.1) is 0 Å². The first-order valence-electron chi connectivity index (χ1n) is 10.8. The number of amides is 1. The first kappa shape index (κ1) is 21.3. The van der Waals surface area contributed by atoms with Gasteiger partial charge in [0.2, 0.25) is 5.91 Å². The number of hydrogen-bond acceptors (Lipinski definition) is 3. The number of ether oxygens (including phenoxy) is 1. The zero-order valence-electron chi connectivity index (χ0n) is 17.9. The number of hydrogen-bond donors (Lipinski definition) is 1. The second-order valence-electron chi connectivity index (χ2n) is 7.63. The standard InChI is InChI=1S/C28H26N2O2/c31-28(15-6-10-22-8-2-1-3-9-22)30-29-20-23-16-18-26(19-17-23)32-21-25-13-7-12-24-11-4-5-14-27(24)25/h1-5,7-9,11-14,16-20H,6,10,15,21H2,(H,30,31)/b29-20-. The quantitative estimate of drug-likeness (QED) is 0.270. The van der Waals surface area contributed by atoms with E-state index in [4.69, 9.17) is 4.74 Å². The highest BCUT2D eigenvalue weighted by atomic mass is 16.5. The van der Waals surface area contributed by atoms with Crippen molar-refractivity contribution in [2.75, 3.05) is 0 Å². The zero-order valence-corrected chi connectivity index (χ0v) is 17.9. The molecular formula is C28H26N2O2. The molecule has 4 nitrogen and oxygen atoms in total. The van der Waals surface area contributed by atoms with Crippen LogP contribution in [0.15, 0.2) is 102 Å². The summed E-state index contributed by atoms with van der Waals surface area (Å²) >= 11 is 0. The average molecular weight is 423 g/mol. The molecule has 0 aliphatic heterocycles. The minimum Gasteiger partial charge on any atom is -0.489 e. The van der Waals surface area contributed by atoms with Gasteiger partial charge >= 0.3 is 0 Å². The van der Waals surface area contributed by atoms with Gasteiger partial charge in [-0.3, -0.25) is 4.79 Å². The molecule has 4 heteroatoms. The molecule has 0 fully saturated rings. The Morgan fingerprint density at radius 1 is 0.844 bits per heavy atom. The van der Waals surface area contributed by atoms with Gasteiger partial charge in [0, 0.05) is 6.42 Å². The summed E-state index contributed by atoms with van der Waals surface area (Å²) in [6.45, 7) is 0.508. The first-order valence-corrected chi connectivity index (χ1v) is 10.8. The summed E-state index contributed by atoms with van der Waals surface area (Å²) in [4.78, 5) is 11.9. The van der Waals surface area contributed by atoms with E-state index in [1.54, 1.807) is 6.21 Å². The molecule has 0 heterocycles. The predicted octanol–water partition coefficient (Wildman–Crippen LogP) is 5.89. The predicted molar refractivity (Wildman–Crippen MR) is 130 cm³/mol. The van der Waals surface area contributed by atoms with E-state index in [9.17, 15) is 4.79 Å². The molecule has 160 valence electrons. The van der Waals surface area contributed by atoms with E-state index in [-0.39, 0.29) is 5.91 Å². The summed E-state index contributed by atoms with van der Waals surface area (Å²) < 4.78 is 5.96. The van der Waals surface area contributed by atoms with Crippen LogP contribution in [0.5, 0.6) is 5.75 Å². The number of nitrogens with one attached hydrogen (secondary N) is 1. The number of benzene rings is 4. The fourth-order valence-corrected chi connectivity index (χ4v) is 3.56. The van der Waals surface area contributed by atoms with Crippen LogP contribution in [0.4, 0.5) is 0 Å². The van der Waals surface area contributed by atoms with Crippen LogP contribution in [-0.4, -0.2) is 12.1 Å². The molecule has 32 heavy (non-hydrogen) atoms. The second kappa shape index (κ2) is 10.9. The maximum atomic E-state index is 11.9. The maximum Gasteiger partial charge on any atom is 0.240 e. The van der Waals surface area contributed by atoms with Crippen LogP contribution in [0.2, 0.25) is 0 Å². The largest absolute Gasteiger partial charge is 0.489 e. The Morgan fingerprint density at radius 2 is 1.59 bits per heavy atom. The fourth-order valence-electron chi connectivity index (χ4n) is 3.56. The van der Waals surface area contributed by atoms with E-state index in [0.717, 1.165) is 29.7 Å². The lowest BCUT2D eigenvalue weighted by atomic mass is 10.1. The van der Waals surface area contributed by atoms with Gasteiger partial charge in [-0.1, -0.05) is 72.8 Å². The van der Waals surface area contributed by atoms with Crippen molar-refractivity contribution in [3.63, 3.8) is 0 Å². The molecule has 0 saturated heterocycles. The number of hydrazone groups is 1. The molecule has 0 aliphatic carbocycles. The van der Waals surface area contributed by atoms with Crippen molar-refractivity contribution in [2.45, 2.75) is 25.9 Å². The molecule has 0 bridgehead atoms. The van der Waals surface area contributed by atoms with Crippen molar-refractivity contribution < 1.29 is 9.53 Å². The second-order valence-corrected chi connectivity index (χ2v) is 7.63. The minimum atomic E-state index is -0.0766.